The standard InChI is InChI=1S/C5H7F3O4S.2Ca.4H/c6-5(7,8)4(9)2-1-3-13(10,11)12;;;;;;/h1-3H2,(H,10,11,12);;;;;;. The van der Waals surface area contributed by atoms with Crippen LogP contribution in [0.2, 0.25) is 0 Å². The van der Waals surface area contributed by atoms with E-state index in [0.29, 0.717) is 0 Å². The van der Waals surface area contributed by atoms with Crippen molar-refractivity contribution in [1.82, 2.24) is 0 Å². The Bertz CT molecular complexity index is 287. The summed E-state index contributed by atoms with van der Waals surface area (Å²) in [5.41, 5.74) is 0. The zero-order valence-electron chi connectivity index (χ0n) is 6.34. The summed E-state index contributed by atoms with van der Waals surface area (Å²) in [5, 5.41) is 0. The van der Waals surface area contributed by atoms with Gasteiger partial charge in [0.05, 0.1) is 5.75 Å². The fourth-order valence-electron chi connectivity index (χ4n) is 0.557. The van der Waals surface area contributed by atoms with Gasteiger partial charge in [-0.05, 0) is 6.42 Å². The van der Waals surface area contributed by atoms with Crippen molar-refractivity contribution in [1.29, 1.82) is 0 Å². The molecule has 0 aliphatic heterocycles. The molecule has 0 heterocycles. The van der Waals surface area contributed by atoms with Gasteiger partial charge in [0.15, 0.2) is 0 Å². The maximum absolute atomic E-state index is 11.5. The van der Waals surface area contributed by atoms with E-state index < -0.39 is 40.7 Å². The third-order valence-electron chi connectivity index (χ3n) is 1.12. The van der Waals surface area contributed by atoms with E-state index >= 15 is 0 Å². The molecule has 1 N–H and O–H groups in total. The van der Waals surface area contributed by atoms with E-state index in [0.717, 1.165) is 0 Å². The van der Waals surface area contributed by atoms with Crippen LogP contribution in [-0.4, -0.2) is 106 Å². The van der Waals surface area contributed by atoms with Gasteiger partial charge in [0.1, 0.15) is 0 Å². The number of carbonyl (C=O) groups is 1. The summed E-state index contributed by atoms with van der Waals surface area (Å²) >= 11 is 0. The van der Waals surface area contributed by atoms with Crippen LogP contribution >= 0.6 is 0 Å². The number of hydrogen-bond acceptors (Lipinski definition) is 3. The fraction of sp³-hybridized carbons (Fsp3) is 0.800. The summed E-state index contributed by atoms with van der Waals surface area (Å²) in [4.78, 5) is 10.1. The van der Waals surface area contributed by atoms with Gasteiger partial charge in [-0.3, -0.25) is 9.35 Å². The minimum absolute atomic E-state index is 0. The third kappa shape index (κ3) is 13.8. The molecule has 15 heavy (non-hydrogen) atoms. The number of ketones is 1. The number of hydrogen-bond donors (Lipinski definition) is 1. The van der Waals surface area contributed by atoms with Crippen LogP contribution < -0.4 is 0 Å². The Labute approximate surface area is 145 Å². The molecule has 0 bridgehead atoms. The van der Waals surface area contributed by atoms with E-state index in [1.165, 1.54) is 0 Å². The summed E-state index contributed by atoms with van der Waals surface area (Å²) in [7, 11) is -4.28. The Hall–Kier alpha value is 1.89. The van der Waals surface area contributed by atoms with Crippen molar-refractivity contribution < 1.29 is 30.9 Å². The fourth-order valence-corrected chi connectivity index (χ4v) is 1.07. The molecule has 86 valence electrons. The normalized spacial score (nSPS) is 11.2. The Kier molecular flexibility index (Phi) is 13.1. The van der Waals surface area contributed by atoms with Gasteiger partial charge in [0, 0.05) is 6.42 Å². The molecule has 0 spiro atoms. The van der Waals surface area contributed by atoms with Crippen molar-refractivity contribution >= 4 is 91.4 Å². The average Bonchev–Trinajstić information content (AvgIpc) is 1.82. The predicted molar refractivity (Wildman–Crippen MR) is 53.8 cm³/mol. The van der Waals surface area contributed by atoms with Gasteiger partial charge < -0.3 is 0 Å². The number of rotatable bonds is 4. The van der Waals surface area contributed by atoms with Crippen LogP contribution in [0, 0.1) is 0 Å². The van der Waals surface area contributed by atoms with E-state index in [1.807, 2.05) is 0 Å². The average molecular weight is 304 g/mol. The van der Waals surface area contributed by atoms with Crippen molar-refractivity contribution in [3.05, 3.63) is 0 Å². The molecular weight excluding hydrogens is 293 g/mol. The molecule has 0 aromatic carbocycles. The Morgan fingerprint density at radius 3 is 1.87 bits per heavy atom. The SMILES string of the molecule is O=C(CCCS(=O)(=O)O)C(F)(F)F.[CaH2].[CaH2]. The van der Waals surface area contributed by atoms with Crippen molar-refractivity contribution in [3.63, 3.8) is 0 Å². The Balaban J connectivity index is -0.000000720. The molecule has 0 aliphatic rings. The number of carbonyl (C=O) groups excluding carboxylic acids is 1. The second-order valence-corrected chi connectivity index (χ2v) is 3.88. The van der Waals surface area contributed by atoms with Crippen molar-refractivity contribution in [2.24, 2.45) is 0 Å². The van der Waals surface area contributed by atoms with Gasteiger partial charge in [-0.15, -0.1) is 0 Å². The molecular formula is C5H11Ca2F3O4S. The molecule has 10 heteroatoms. The van der Waals surface area contributed by atoms with E-state index in [2.05, 4.69) is 0 Å². The first-order chi connectivity index (χ1) is 5.63. The number of halogens is 3. The van der Waals surface area contributed by atoms with Gasteiger partial charge in [0.2, 0.25) is 5.78 Å². The van der Waals surface area contributed by atoms with E-state index in [9.17, 15) is 26.4 Å². The predicted octanol–water partition coefficient (Wildman–Crippen LogP) is -1.05. The molecule has 4 nitrogen and oxygen atoms in total. The second kappa shape index (κ2) is 8.90. The van der Waals surface area contributed by atoms with E-state index in [-0.39, 0.29) is 75.5 Å². The molecule has 0 atom stereocenters. The van der Waals surface area contributed by atoms with Crippen molar-refractivity contribution in [2.45, 2.75) is 19.0 Å². The van der Waals surface area contributed by atoms with Crippen LogP contribution in [0.5, 0.6) is 0 Å². The van der Waals surface area contributed by atoms with Crippen LogP contribution in [0.25, 0.3) is 0 Å². The molecule has 0 saturated heterocycles. The van der Waals surface area contributed by atoms with Gasteiger partial charge in [0.25, 0.3) is 10.1 Å². The van der Waals surface area contributed by atoms with E-state index in [4.69, 9.17) is 4.55 Å². The maximum atomic E-state index is 11.5. The first kappa shape index (κ1) is 22.1. The summed E-state index contributed by atoms with van der Waals surface area (Å²) in [6.07, 6.45) is -6.39. The molecule has 0 saturated carbocycles. The zero-order chi connectivity index (χ0) is 10.7. The molecule has 0 rings (SSSR count). The summed E-state index contributed by atoms with van der Waals surface area (Å²) in [6, 6.07) is 0. The topological polar surface area (TPSA) is 71.4 Å². The van der Waals surface area contributed by atoms with Gasteiger partial charge in [-0.25, -0.2) is 0 Å². The first-order valence-corrected chi connectivity index (χ1v) is 4.79. The van der Waals surface area contributed by atoms with Gasteiger partial charge >= 0.3 is 81.7 Å². The molecule has 0 amide bonds. The van der Waals surface area contributed by atoms with Crippen molar-refractivity contribution in [2.75, 3.05) is 5.75 Å². The second-order valence-electron chi connectivity index (χ2n) is 2.31. The van der Waals surface area contributed by atoms with Crippen LogP contribution in [0.1, 0.15) is 12.8 Å². The molecule has 0 unspecified atom stereocenters. The number of Topliss-reactive ketones (excluding diaryl/α,β-unsaturated/α-hetero) is 1. The summed E-state index contributed by atoms with van der Waals surface area (Å²) in [6.45, 7) is 0. The quantitative estimate of drug-likeness (QED) is 0.532. The van der Waals surface area contributed by atoms with Crippen LogP contribution in [0.4, 0.5) is 13.2 Å². The molecule has 0 aliphatic carbocycles. The molecule has 0 aromatic rings. The molecule has 0 aromatic heterocycles. The van der Waals surface area contributed by atoms with Crippen molar-refractivity contribution in [3.8, 4) is 0 Å². The first-order valence-electron chi connectivity index (χ1n) is 3.18. The van der Waals surface area contributed by atoms with E-state index in [1.54, 1.807) is 0 Å². The van der Waals surface area contributed by atoms with Crippen LogP contribution in [-0.2, 0) is 14.9 Å². The zero-order valence-corrected chi connectivity index (χ0v) is 7.15. The van der Waals surface area contributed by atoms with Gasteiger partial charge in [-0.1, -0.05) is 0 Å². The summed E-state index contributed by atoms with van der Waals surface area (Å²) < 4.78 is 62.7. The molecule has 0 fully saturated rings. The minimum atomic E-state index is -4.93. The van der Waals surface area contributed by atoms with Gasteiger partial charge in [-0.2, -0.15) is 21.6 Å². The monoisotopic (exact) mass is 304 g/mol. The van der Waals surface area contributed by atoms with Crippen LogP contribution in [0.15, 0.2) is 0 Å². The Morgan fingerprint density at radius 1 is 1.20 bits per heavy atom. The summed E-state index contributed by atoms with van der Waals surface area (Å²) in [5.74, 6) is -2.83. The number of alkyl halides is 3. The van der Waals surface area contributed by atoms with Crippen LogP contribution in [0.3, 0.4) is 0 Å². The molecule has 0 radical (unpaired) electrons. The Morgan fingerprint density at radius 2 is 1.60 bits per heavy atom. The third-order valence-corrected chi connectivity index (χ3v) is 1.93.